The minimum atomic E-state index is -4.18. The molecule has 1 amide bonds. The maximum atomic E-state index is 13.8. The van der Waals surface area contributed by atoms with E-state index in [4.69, 9.17) is 20.5 Å². The van der Waals surface area contributed by atoms with Gasteiger partial charge >= 0.3 is 10.1 Å². The molecule has 0 saturated carbocycles. The van der Waals surface area contributed by atoms with Crippen molar-refractivity contribution in [3.8, 4) is 5.75 Å². The number of aryl methyl sites for hydroxylation is 1. The second-order valence-electron chi connectivity index (χ2n) is 8.40. The maximum absolute atomic E-state index is 13.8. The Kier molecular flexibility index (Phi) is 7.74. The summed E-state index contributed by atoms with van der Waals surface area (Å²) in [4.78, 5) is 14.7. The molecule has 1 unspecified atom stereocenters. The van der Waals surface area contributed by atoms with Crippen molar-refractivity contribution in [2.75, 3.05) is 13.2 Å². The van der Waals surface area contributed by atoms with Gasteiger partial charge in [-0.25, -0.2) is 4.39 Å². The van der Waals surface area contributed by atoms with Gasteiger partial charge in [0.1, 0.15) is 16.5 Å². The molecule has 6 nitrogen and oxygen atoms in total. The van der Waals surface area contributed by atoms with E-state index in [1.54, 1.807) is 48.2 Å². The molecule has 1 fully saturated rings. The van der Waals surface area contributed by atoms with E-state index in [0.717, 1.165) is 12.8 Å². The summed E-state index contributed by atoms with van der Waals surface area (Å²) >= 11 is 6.12. The molecule has 4 rings (SSSR count). The Bertz CT molecular complexity index is 1300. The third-order valence-corrected chi connectivity index (χ3v) is 7.58. The fraction of sp³-hybridized carbons (Fsp3) is 0.269. The van der Waals surface area contributed by atoms with Gasteiger partial charge < -0.3 is 13.8 Å². The van der Waals surface area contributed by atoms with Gasteiger partial charge in [0.15, 0.2) is 0 Å². The van der Waals surface area contributed by atoms with Crippen LogP contribution in [0.5, 0.6) is 5.75 Å². The van der Waals surface area contributed by atoms with Gasteiger partial charge in [-0.1, -0.05) is 41.9 Å². The third-order valence-electron chi connectivity index (χ3n) is 5.70. The Labute approximate surface area is 209 Å². The minimum absolute atomic E-state index is 0.0737. The number of carbonyl (C=O) groups excluding carboxylic acids is 1. The first kappa shape index (κ1) is 25.2. The quantitative estimate of drug-likeness (QED) is 0.375. The Balaban J connectivity index is 1.58. The number of halogens is 2. The molecular weight excluding hydrogens is 493 g/mol. The van der Waals surface area contributed by atoms with Crippen molar-refractivity contribution in [1.82, 2.24) is 4.90 Å². The summed E-state index contributed by atoms with van der Waals surface area (Å²) in [5, 5.41) is 0.0737. The van der Waals surface area contributed by atoms with E-state index >= 15 is 0 Å². The van der Waals surface area contributed by atoms with Crippen molar-refractivity contribution in [1.29, 1.82) is 0 Å². The van der Waals surface area contributed by atoms with Crippen LogP contribution >= 0.6 is 11.6 Å². The van der Waals surface area contributed by atoms with Gasteiger partial charge in [-0.05, 0) is 67.3 Å². The lowest BCUT2D eigenvalue weighted by atomic mass is 10.1. The monoisotopic (exact) mass is 517 g/mol. The molecule has 35 heavy (non-hydrogen) atoms. The molecule has 1 aliphatic rings. The van der Waals surface area contributed by atoms with Crippen molar-refractivity contribution in [3.63, 3.8) is 0 Å². The number of hydrogen-bond acceptors (Lipinski definition) is 5. The largest absolute Gasteiger partial charge is 0.379 e. The number of benzene rings is 3. The summed E-state index contributed by atoms with van der Waals surface area (Å²) < 4.78 is 50.7. The molecule has 9 heteroatoms. The number of amides is 1. The fourth-order valence-corrected chi connectivity index (χ4v) is 5.79. The highest BCUT2D eigenvalue weighted by Crippen LogP contribution is 2.28. The second-order valence-corrected chi connectivity index (χ2v) is 10.3. The molecule has 0 spiro atoms. The average Bonchev–Trinajstić information content (AvgIpc) is 3.31. The van der Waals surface area contributed by atoms with Gasteiger partial charge in [0.25, 0.3) is 5.91 Å². The number of carbonyl (C=O) groups is 1. The first-order chi connectivity index (χ1) is 16.7. The lowest BCUT2D eigenvalue weighted by Gasteiger charge is -2.26. The van der Waals surface area contributed by atoms with Crippen molar-refractivity contribution < 1.29 is 26.5 Å². The SMILES string of the molecule is Cc1cccc(Cl)c1S(=O)(=O)Oc1cccc(CN(CC2CCCO2)C(=O)c2cccc(F)c2)c1. The van der Waals surface area contributed by atoms with E-state index in [1.165, 1.54) is 30.3 Å². The summed E-state index contributed by atoms with van der Waals surface area (Å²) in [6.07, 6.45) is 1.62. The fourth-order valence-electron chi connectivity index (χ4n) is 4.08. The minimum Gasteiger partial charge on any atom is -0.379 e. The van der Waals surface area contributed by atoms with Gasteiger partial charge in [0.05, 0.1) is 11.1 Å². The molecule has 3 aromatic carbocycles. The molecule has 0 aliphatic carbocycles. The Hall–Kier alpha value is -2.94. The number of nitrogens with zero attached hydrogens (tertiary/aromatic N) is 1. The molecule has 1 atom stereocenters. The molecular formula is C26H25ClFNO5S. The normalized spacial score (nSPS) is 15.7. The molecule has 1 aliphatic heterocycles. The van der Waals surface area contributed by atoms with Crippen molar-refractivity contribution in [2.24, 2.45) is 0 Å². The van der Waals surface area contributed by atoms with Gasteiger partial charge in [0.2, 0.25) is 0 Å². The van der Waals surface area contributed by atoms with Crippen molar-refractivity contribution in [2.45, 2.75) is 37.3 Å². The lowest BCUT2D eigenvalue weighted by Crippen LogP contribution is -2.37. The summed E-state index contributed by atoms with van der Waals surface area (Å²) in [7, 11) is -4.18. The molecule has 0 bridgehead atoms. The highest BCUT2D eigenvalue weighted by Gasteiger charge is 2.25. The topological polar surface area (TPSA) is 72.9 Å². The van der Waals surface area contributed by atoms with Crippen LogP contribution in [0.1, 0.15) is 34.3 Å². The number of rotatable bonds is 8. The van der Waals surface area contributed by atoms with Crippen LogP contribution in [0.4, 0.5) is 4.39 Å². The zero-order valence-corrected chi connectivity index (χ0v) is 20.7. The molecule has 0 aromatic heterocycles. The van der Waals surface area contributed by atoms with Crippen LogP contribution in [-0.2, 0) is 21.4 Å². The van der Waals surface area contributed by atoms with Crippen molar-refractivity contribution in [3.05, 3.63) is 94.3 Å². The van der Waals surface area contributed by atoms with E-state index in [9.17, 15) is 17.6 Å². The van der Waals surface area contributed by atoms with E-state index in [1.807, 2.05) is 0 Å². The van der Waals surface area contributed by atoms with Gasteiger partial charge in [-0.2, -0.15) is 8.42 Å². The molecule has 184 valence electrons. The van der Waals surface area contributed by atoms with Crippen LogP contribution in [0.15, 0.2) is 71.6 Å². The van der Waals surface area contributed by atoms with Crippen LogP contribution in [0, 0.1) is 12.7 Å². The van der Waals surface area contributed by atoms with Crippen LogP contribution in [-0.4, -0.2) is 38.5 Å². The van der Waals surface area contributed by atoms with Crippen LogP contribution in [0.2, 0.25) is 5.02 Å². The summed E-state index contributed by atoms with van der Waals surface area (Å²) in [6, 6.07) is 16.8. The highest BCUT2D eigenvalue weighted by molar-refractivity contribution is 7.87. The van der Waals surface area contributed by atoms with Crippen LogP contribution in [0.25, 0.3) is 0 Å². The van der Waals surface area contributed by atoms with E-state index in [0.29, 0.717) is 24.3 Å². The summed E-state index contributed by atoms with van der Waals surface area (Å²) in [5.74, 6) is -0.744. The smallest absolute Gasteiger partial charge is 0.340 e. The standard InChI is InChI=1S/C26H25ClFNO5S/c1-18-6-2-12-24(27)25(18)35(31,32)34-22-10-3-7-19(14-22)16-29(17-23-11-5-13-33-23)26(30)20-8-4-9-21(28)15-20/h2-4,6-10,12,14-15,23H,5,11,13,16-17H2,1H3. The summed E-state index contributed by atoms with van der Waals surface area (Å²) in [6.45, 7) is 2.77. The average molecular weight is 518 g/mol. The predicted molar refractivity (Wildman–Crippen MR) is 131 cm³/mol. The zero-order chi connectivity index (χ0) is 25.0. The van der Waals surface area contributed by atoms with E-state index in [2.05, 4.69) is 0 Å². The van der Waals surface area contributed by atoms with Crippen LogP contribution in [0.3, 0.4) is 0 Å². The van der Waals surface area contributed by atoms with Crippen molar-refractivity contribution >= 4 is 27.6 Å². The second kappa shape index (κ2) is 10.8. The van der Waals surface area contributed by atoms with Gasteiger partial charge in [0, 0.05) is 25.3 Å². The Morgan fingerprint density at radius 1 is 1.14 bits per heavy atom. The third kappa shape index (κ3) is 6.20. The Morgan fingerprint density at radius 3 is 2.63 bits per heavy atom. The highest BCUT2D eigenvalue weighted by atomic mass is 35.5. The predicted octanol–water partition coefficient (Wildman–Crippen LogP) is 5.38. The number of ether oxygens (including phenoxy) is 1. The molecule has 0 radical (unpaired) electrons. The van der Waals surface area contributed by atoms with Gasteiger partial charge in [-0.3, -0.25) is 4.79 Å². The number of hydrogen-bond donors (Lipinski definition) is 0. The van der Waals surface area contributed by atoms with E-state index < -0.39 is 15.9 Å². The molecule has 3 aromatic rings. The maximum Gasteiger partial charge on any atom is 0.340 e. The Morgan fingerprint density at radius 2 is 1.91 bits per heavy atom. The van der Waals surface area contributed by atoms with Gasteiger partial charge in [-0.15, -0.1) is 0 Å². The molecule has 0 N–H and O–H groups in total. The van der Waals surface area contributed by atoms with Crippen LogP contribution < -0.4 is 4.18 Å². The summed E-state index contributed by atoms with van der Waals surface area (Å²) in [5.41, 5.74) is 1.35. The first-order valence-corrected chi connectivity index (χ1v) is 13.0. The molecule has 1 saturated heterocycles. The zero-order valence-electron chi connectivity index (χ0n) is 19.1. The lowest BCUT2D eigenvalue weighted by molar-refractivity contribution is 0.0507. The molecule has 1 heterocycles. The first-order valence-electron chi connectivity index (χ1n) is 11.2. The van der Waals surface area contributed by atoms with E-state index in [-0.39, 0.29) is 39.8 Å².